The Morgan fingerprint density at radius 1 is 1.14 bits per heavy atom. The third-order valence-electron chi connectivity index (χ3n) is 3.08. The van der Waals surface area contributed by atoms with Crippen LogP contribution in [-0.2, 0) is 6.54 Å². The number of nitrogens with one attached hydrogen (secondary N) is 1. The highest BCUT2D eigenvalue weighted by Gasteiger charge is 2.14. The van der Waals surface area contributed by atoms with Gasteiger partial charge in [-0.15, -0.1) is 0 Å². The molecule has 4 nitrogen and oxygen atoms in total. The van der Waals surface area contributed by atoms with E-state index in [4.69, 9.17) is 8.94 Å². The quantitative estimate of drug-likeness (QED) is 0.742. The number of nitrogens with zero attached hydrogens (tertiary/aromatic N) is 1. The lowest BCUT2D eigenvalue weighted by Gasteiger charge is -2.19. The molecule has 0 spiro atoms. The minimum Gasteiger partial charge on any atom is -0.453 e. The van der Waals surface area contributed by atoms with E-state index in [1.165, 1.54) is 0 Å². The molecule has 110 valence electrons. The van der Waals surface area contributed by atoms with Gasteiger partial charge in [0.25, 0.3) is 0 Å². The highest BCUT2D eigenvalue weighted by molar-refractivity contribution is 9.10. The van der Waals surface area contributed by atoms with Crippen molar-refractivity contribution in [3.63, 3.8) is 0 Å². The van der Waals surface area contributed by atoms with Crippen molar-refractivity contribution in [2.24, 2.45) is 0 Å². The third-order valence-corrected chi connectivity index (χ3v) is 3.57. The van der Waals surface area contributed by atoms with Crippen LogP contribution in [0.1, 0.15) is 26.5 Å². The SMILES string of the molecule is CC(C)(C)NCc1cc(-c2cc3cc(Br)ccc3o2)on1. The molecule has 0 saturated heterocycles. The summed E-state index contributed by atoms with van der Waals surface area (Å²) in [5, 5.41) is 8.49. The summed E-state index contributed by atoms with van der Waals surface area (Å²) >= 11 is 3.46. The van der Waals surface area contributed by atoms with E-state index in [0.29, 0.717) is 18.1 Å². The molecule has 5 heteroatoms. The molecule has 0 fully saturated rings. The number of benzene rings is 1. The van der Waals surface area contributed by atoms with Gasteiger partial charge in [-0.05, 0) is 45.0 Å². The number of rotatable bonds is 3. The lowest BCUT2D eigenvalue weighted by atomic mass is 10.1. The molecule has 0 saturated carbocycles. The average Bonchev–Trinajstić information content (AvgIpc) is 3.00. The number of fused-ring (bicyclic) bond motifs is 1. The first-order valence-corrected chi connectivity index (χ1v) is 7.60. The number of hydrogen-bond acceptors (Lipinski definition) is 4. The second-order valence-electron chi connectivity index (χ2n) is 6.08. The first-order valence-electron chi connectivity index (χ1n) is 6.81. The van der Waals surface area contributed by atoms with Gasteiger partial charge in [-0.3, -0.25) is 0 Å². The summed E-state index contributed by atoms with van der Waals surface area (Å²) in [6, 6.07) is 9.77. The molecule has 0 aliphatic carbocycles. The summed E-state index contributed by atoms with van der Waals surface area (Å²) in [6.45, 7) is 7.01. The van der Waals surface area contributed by atoms with Crippen molar-refractivity contribution in [1.82, 2.24) is 10.5 Å². The first kappa shape index (κ1) is 14.4. The molecule has 2 aromatic heterocycles. The molecule has 0 amide bonds. The van der Waals surface area contributed by atoms with E-state index in [2.05, 4.69) is 47.2 Å². The van der Waals surface area contributed by atoms with Crippen molar-refractivity contribution in [3.8, 4) is 11.5 Å². The number of halogens is 1. The predicted octanol–water partition coefficient (Wildman–Crippen LogP) is 4.74. The molecule has 0 bridgehead atoms. The molecular formula is C16H17BrN2O2. The minimum absolute atomic E-state index is 0.0464. The summed E-state index contributed by atoms with van der Waals surface area (Å²) in [4.78, 5) is 0. The van der Waals surface area contributed by atoms with Crippen LogP contribution in [0.5, 0.6) is 0 Å². The van der Waals surface area contributed by atoms with Crippen molar-refractivity contribution < 1.29 is 8.94 Å². The van der Waals surface area contributed by atoms with Crippen molar-refractivity contribution in [3.05, 3.63) is 40.5 Å². The van der Waals surface area contributed by atoms with Crippen LogP contribution in [0.25, 0.3) is 22.5 Å². The molecule has 0 aliphatic rings. The molecule has 1 aromatic carbocycles. The van der Waals surface area contributed by atoms with Gasteiger partial charge in [-0.2, -0.15) is 0 Å². The van der Waals surface area contributed by atoms with E-state index in [0.717, 1.165) is 21.1 Å². The first-order chi connectivity index (χ1) is 9.90. The van der Waals surface area contributed by atoms with E-state index in [1.807, 2.05) is 30.3 Å². The molecule has 0 atom stereocenters. The van der Waals surface area contributed by atoms with Gasteiger partial charge in [-0.25, -0.2) is 0 Å². The van der Waals surface area contributed by atoms with Crippen LogP contribution < -0.4 is 5.32 Å². The zero-order valence-electron chi connectivity index (χ0n) is 12.2. The molecular weight excluding hydrogens is 332 g/mol. The Morgan fingerprint density at radius 2 is 1.95 bits per heavy atom. The molecule has 0 aliphatic heterocycles. The second kappa shape index (κ2) is 5.31. The minimum atomic E-state index is 0.0464. The maximum atomic E-state index is 5.79. The van der Waals surface area contributed by atoms with Crippen LogP contribution in [0.3, 0.4) is 0 Å². The molecule has 3 aromatic rings. The van der Waals surface area contributed by atoms with Gasteiger partial charge in [0.05, 0.1) is 5.69 Å². The summed E-state index contributed by atoms with van der Waals surface area (Å²) in [6.07, 6.45) is 0. The smallest absolute Gasteiger partial charge is 0.202 e. The van der Waals surface area contributed by atoms with Crippen LogP contribution in [0.4, 0.5) is 0 Å². The molecule has 1 N–H and O–H groups in total. The van der Waals surface area contributed by atoms with Gasteiger partial charge in [0.15, 0.2) is 5.76 Å². The largest absolute Gasteiger partial charge is 0.453 e. The second-order valence-corrected chi connectivity index (χ2v) is 6.99. The summed E-state index contributed by atoms with van der Waals surface area (Å²) in [5.41, 5.74) is 1.74. The summed E-state index contributed by atoms with van der Waals surface area (Å²) < 4.78 is 12.2. The third kappa shape index (κ3) is 3.36. The van der Waals surface area contributed by atoms with E-state index >= 15 is 0 Å². The summed E-state index contributed by atoms with van der Waals surface area (Å²) in [5.74, 6) is 1.34. The Balaban J connectivity index is 1.84. The molecule has 21 heavy (non-hydrogen) atoms. The van der Waals surface area contributed by atoms with Crippen LogP contribution >= 0.6 is 15.9 Å². The zero-order chi connectivity index (χ0) is 15.0. The topological polar surface area (TPSA) is 51.2 Å². The fraction of sp³-hybridized carbons (Fsp3) is 0.312. The van der Waals surface area contributed by atoms with Gasteiger partial charge >= 0.3 is 0 Å². The maximum absolute atomic E-state index is 5.79. The monoisotopic (exact) mass is 348 g/mol. The van der Waals surface area contributed by atoms with Crippen LogP contribution in [0, 0.1) is 0 Å². The predicted molar refractivity (Wildman–Crippen MR) is 86.0 cm³/mol. The van der Waals surface area contributed by atoms with E-state index in [9.17, 15) is 0 Å². The highest BCUT2D eigenvalue weighted by Crippen LogP contribution is 2.30. The van der Waals surface area contributed by atoms with E-state index in [1.54, 1.807) is 0 Å². The van der Waals surface area contributed by atoms with Crippen LogP contribution in [0.2, 0.25) is 0 Å². The number of aromatic nitrogens is 1. The lowest BCUT2D eigenvalue weighted by molar-refractivity contribution is 0.388. The number of hydrogen-bond donors (Lipinski definition) is 1. The normalized spacial score (nSPS) is 12.2. The molecule has 0 unspecified atom stereocenters. The Bertz CT molecular complexity index is 768. The van der Waals surface area contributed by atoms with Crippen molar-refractivity contribution in [1.29, 1.82) is 0 Å². The van der Waals surface area contributed by atoms with Crippen LogP contribution in [-0.4, -0.2) is 10.7 Å². The standard InChI is InChI=1S/C16H17BrN2O2/c1-16(2,3)18-9-12-8-15(21-19-12)14-7-10-6-11(17)4-5-13(10)20-14/h4-8,18H,9H2,1-3H3. The Kier molecular flexibility index (Phi) is 3.63. The van der Waals surface area contributed by atoms with E-state index in [-0.39, 0.29) is 5.54 Å². The van der Waals surface area contributed by atoms with Crippen molar-refractivity contribution >= 4 is 26.9 Å². The Hall–Kier alpha value is -1.59. The fourth-order valence-electron chi connectivity index (χ4n) is 2.00. The maximum Gasteiger partial charge on any atom is 0.202 e. The van der Waals surface area contributed by atoms with Gasteiger partial charge in [0.1, 0.15) is 5.58 Å². The van der Waals surface area contributed by atoms with E-state index < -0.39 is 0 Å². The molecule has 3 rings (SSSR count). The van der Waals surface area contributed by atoms with Gasteiger partial charge in [0.2, 0.25) is 5.76 Å². The van der Waals surface area contributed by atoms with Crippen molar-refractivity contribution in [2.45, 2.75) is 32.9 Å². The Labute approximate surface area is 131 Å². The van der Waals surface area contributed by atoms with Crippen LogP contribution in [0.15, 0.2) is 43.7 Å². The van der Waals surface area contributed by atoms with Crippen molar-refractivity contribution in [2.75, 3.05) is 0 Å². The molecule has 0 radical (unpaired) electrons. The van der Waals surface area contributed by atoms with Gasteiger partial charge in [0, 0.05) is 28.0 Å². The summed E-state index contributed by atoms with van der Waals surface area (Å²) in [7, 11) is 0. The average molecular weight is 349 g/mol. The highest BCUT2D eigenvalue weighted by atomic mass is 79.9. The zero-order valence-corrected chi connectivity index (χ0v) is 13.8. The number of furan rings is 1. The molecule has 2 heterocycles. The fourth-order valence-corrected chi connectivity index (χ4v) is 2.38. The Morgan fingerprint density at radius 3 is 2.71 bits per heavy atom. The van der Waals surface area contributed by atoms with Gasteiger partial charge in [-0.1, -0.05) is 21.1 Å². The van der Waals surface area contributed by atoms with Gasteiger partial charge < -0.3 is 14.3 Å². The lowest BCUT2D eigenvalue weighted by Crippen LogP contribution is -2.35.